The summed E-state index contributed by atoms with van der Waals surface area (Å²) in [6.07, 6.45) is 2.92. The zero-order valence-corrected chi connectivity index (χ0v) is 14.9. The zero-order chi connectivity index (χ0) is 19.3. The monoisotopic (exact) mass is 388 g/mol. The molecule has 0 amide bonds. The maximum Gasteiger partial charge on any atom is 0.338 e. The van der Waals surface area contributed by atoms with Crippen LogP contribution in [0, 0.1) is 0 Å². The molecule has 0 aliphatic heterocycles. The highest BCUT2D eigenvalue weighted by Gasteiger charge is 2.17. The van der Waals surface area contributed by atoms with Crippen LogP contribution in [0.15, 0.2) is 75.2 Å². The summed E-state index contributed by atoms with van der Waals surface area (Å²) >= 11 is 0. The Morgan fingerprint density at radius 3 is 2.81 bits per heavy atom. The van der Waals surface area contributed by atoms with Crippen LogP contribution in [-0.2, 0) is 21.4 Å². The Balaban J connectivity index is 1.66. The second-order valence-corrected chi connectivity index (χ2v) is 7.17. The summed E-state index contributed by atoms with van der Waals surface area (Å²) in [6.45, 7) is 3.41. The van der Waals surface area contributed by atoms with Crippen molar-refractivity contribution >= 4 is 16.0 Å². The number of rotatable bonds is 8. The van der Waals surface area contributed by atoms with Crippen LogP contribution in [0.4, 0.5) is 0 Å². The first-order valence-corrected chi connectivity index (χ1v) is 9.35. The third kappa shape index (κ3) is 4.52. The molecule has 1 aromatic carbocycles. The van der Waals surface area contributed by atoms with Crippen molar-refractivity contribution in [3.05, 3.63) is 72.6 Å². The van der Waals surface area contributed by atoms with Gasteiger partial charge in [0.05, 0.1) is 16.7 Å². The van der Waals surface area contributed by atoms with E-state index in [2.05, 4.69) is 16.5 Å². The van der Waals surface area contributed by atoms with Crippen molar-refractivity contribution in [3.63, 3.8) is 0 Å². The minimum Gasteiger partial charge on any atom is -0.461 e. The molecule has 0 spiro atoms. The highest BCUT2D eigenvalue weighted by Crippen LogP contribution is 2.21. The van der Waals surface area contributed by atoms with E-state index in [9.17, 15) is 13.2 Å². The van der Waals surface area contributed by atoms with Gasteiger partial charge in [0.25, 0.3) is 0 Å². The van der Waals surface area contributed by atoms with E-state index in [0.29, 0.717) is 17.2 Å². The minimum absolute atomic E-state index is 0.0414. The summed E-state index contributed by atoms with van der Waals surface area (Å²) in [5.41, 5.74) is 0.498. The van der Waals surface area contributed by atoms with Gasteiger partial charge in [-0.15, -0.1) is 6.58 Å². The van der Waals surface area contributed by atoms with Gasteiger partial charge in [-0.2, -0.15) is 0 Å². The highest BCUT2D eigenvalue weighted by molar-refractivity contribution is 7.89. The number of esters is 1. The predicted molar refractivity (Wildman–Crippen MR) is 95.2 cm³/mol. The average Bonchev–Trinajstić information content (AvgIpc) is 3.36. The van der Waals surface area contributed by atoms with E-state index < -0.39 is 16.0 Å². The van der Waals surface area contributed by atoms with Gasteiger partial charge in [-0.25, -0.2) is 17.9 Å². The normalized spacial score (nSPS) is 11.3. The number of carbonyl (C=O) groups is 1. The molecule has 9 heteroatoms. The number of ether oxygens (including phenoxy) is 1. The van der Waals surface area contributed by atoms with Crippen LogP contribution < -0.4 is 4.72 Å². The molecule has 1 N–H and O–H groups in total. The summed E-state index contributed by atoms with van der Waals surface area (Å²) in [6, 6.07) is 10.6. The zero-order valence-electron chi connectivity index (χ0n) is 14.1. The number of hydrogen-bond donors (Lipinski definition) is 1. The lowest BCUT2D eigenvalue weighted by Gasteiger charge is -2.07. The van der Waals surface area contributed by atoms with E-state index in [0.717, 1.165) is 0 Å². The van der Waals surface area contributed by atoms with Crippen LogP contribution in [0.25, 0.3) is 11.5 Å². The van der Waals surface area contributed by atoms with Crippen LogP contribution in [0.1, 0.15) is 16.1 Å². The number of sulfonamides is 1. The van der Waals surface area contributed by atoms with Crippen molar-refractivity contribution in [1.82, 2.24) is 9.88 Å². The molecule has 140 valence electrons. The van der Waals surface area contributed by atoms with E-state index in [1.807, 2.05) is 0 Å². The van der Waals surface area contributed by atoms with Gasteiger partial charge in [0.2, 0.25) is 15.8 Å². The molecule has 2 aromatic heterocycles. The van der Waals surface area contributed by atoms with E-state index in [-0.39, 0.29) is 23.6 Å². The van der Waals surface area contributed by atoms with Crippen LogP contribution in [0.5, 0.6) is 0 Å². The number of aromatic nitrogens is 1. The molecule has 0 saturated carbocycles. The van der Waals surface area contributed by atoms with Gasteiger partial charge in [-0.1, -0.05) is 17.3 Å². The second-order valence-electron chi connectivity index (χ2n) is 5.40. The third-order valence-corrected chi connectivity index (χ3v) is 4.89. The number of nitrogens with zero attached hydrogens (tertiary/aromatic N) is 1. The molecule has 0 atom stereocenters. The van der Waals surface area contributed by atoms with Crippen molar-refractivity contribution in [1.29, 1.82) is 0 Å². The predicted octanol–water partition coefficient (Wildman–Crippen LogP) is 2.76. The van der Waals surface area contributed by atoms with Crippen molar-refractivity contribution in [2.24, 2.45) is 0 Å². The SMILES string of the molecule is C=CCNS(=O)(=O)c1cccc(C(=O)OCc2cc(-c3ccco3)on2)c1. The molecular weight excluding hydrogens is 372 g/mol. The second kappa shape index (κ2) is 8.02. The van der Waals surface area contributed by atoms with E-state index in [4.69, 9.17) is 13.7 Å². The Kier molecular flexibility index (Phi) is 5.53. The molecule has 0 saturated heterocycles. The van der Waals surface area contributed by atoms with Gasteiger partial charge in [0, 0.05) is 12.6 Å². The first-order valence-electron chi connectivity index (χ1n) is 7.87. The Labute approximate surface area is 155 Å². The van der Waals surface area contributed by atoms with E-state index in [1.165, 1.54) is 36.6 Å². The van der Waals surface area contributed by atoms with Crippen LogP contribution in [0.3, 0.4) is 0 Å². The minimum atomic E-state index is -3.73. The molecule has 0 unspecified atom stereocenters. The molecule has 0 bridgehead atoms. The van der Waals surface area contributed by atoms with E-state index in [1.54, 1.807) is 18.2 Å². The van der Waals surface area contributed by atoms with Crippen molar-refractivity contribution < 1.29 is 26.9 Å². The Morgan fingerprint density at radius 2 is 2.07 bits per heavy atom. The molecular formula is C18H16N2O6S. The van der Waals surface area contributed by atoms with Crippen molar-refractivity contribution in [3.8, 4) is 11.5 Å². The average molecular weight is 388 g/mol. The maximum absolute atomic E-state index is 12.2. The molecule has 0 aliphatic rings. The lowest BCUT2D eigenvalue weighted by molar-refractivity contribution is 0.0464. The number of furan rings is 1. The van der Waals surface area contributed by atoms with Crippen molar-refractivity contribution in [2.45, 2.75) is 11.5 Å². The molecule has 3 rings (SSSR count). The van der Waals surface area contributed by atoms with Crippen LogP contribution in [-0.4, -0.2) is 26.1 Å². The molecule has 2 heterocycles. The number of benzene rings is 1. The first-order chi connectivity index (χ1) is 13.0. The highest BCUT2D eigenvalue weighted by atomic mass is 32.2. The fourth-order valence-electron chi connectivity index (χ4n) is 2.18. The fourth-order valence-corrected chi connectivity index (χ4v) is 3.22. The summed E-state index contributed by atoms with van der Waals surface area (Å²) in [5, 5.41) is 3.80. The molecule has 0 aliphatic carbocycles. The summed E-state index contributed by atoms with van der Waals surface area (Å²) in [7, 11) is -3.73. The summed E-state index contributed by atoms with van der Waals surface area (Å²) < 4.78 is 42.1. The van der Waals surface area contributed by atoms with Gasteiger partial charge >= 0.3 is 5.97 Å². The third-order valence-electron chi connectivity index (χ3n) is 3.47. The standard InChI is InChI=1S/C18H16N2O6S/c1-2-8-19-27(22,23)15-6-3-5-13(10-15)18(21)25-12-14-11-17(26-20-14)16-7-4-9-24-16/h2-7,9-11,19H,1,8,12H2. The smallest absolute Gasteiger partial charge is 0.338 e. The van der Waals surface area contributed by atoms with E-state index >= 15 is 0 Å². The van der Waals surface area contributed by atoms with Gasteiger partial charge in [-0.3, -0.25) is 0 Å². The summed E-state index contributed by atoms with van der Waals surface area (Å²) in [5.74, 6) is 0.232. The Morgan fingerprint density at radius 1 is 1.22 bits per heavy atom. The Bertz CT molecular complexity index is 1040. The first kappa shape index (κ1) is 18.6. The maximum atomic E-state index is 12.2. The lowest BCUT2D eigenvalue weighted by Crippen LogP contribution is -2.23. The molecule has 27 heavy (non-hydrogen) atoms. The topological polar surface area (TPSA) is 112 Å². The summed E-state index contributed by atoms with van der Waals surface area (Å²) in [4.78, 5) is 12.2. The largest absolute Gasteiger partial charge is 0.461 e. The van der Waals surface area contributed by atoms with Gasteiger partial charge in [0.15, 0.2) is 5.76 Å². The molecule has 3 aromatic rings. The van der Waals surface area contributed by atoms with Crippen LogP contribution >= 0.6 is 0 Å². The molecule has 8 nitrogen and oxygen atoms in total. The van der Waals surface area contributed by atoms with Gasteiger partial charge in [0.1, 0.15) is 12.3 Å². The number of hydrogen-bond acceptors (Lipinski definition) is 7. The van der Waals surface area contributed by atoms with Gasteiger partial charge in [-0.05, 0) is 30.3 Å². The van der Waals surface area contributed by atoms with Gasteiger partial charge < -0.3 is 13.7 Å². The number of nitrogens with one attached hydrogen (secondary N) is 1. The molecule has 0 radical (unpaired) electrons. The van der Waals surface area contributed by atoms with Crippen LogP contribution in [0.2, 0.25) is 0 Å². The molecule has 0 fully saturated rings. The fraction of sp³-hybridized carbons (Fsp3) is 0.111. The quantitative estimate of drug-likeness (QED) is 0.466. The Hall–Kier alpha value is -3.17. The lowest BCUT2D eigenvalue weighted by atomic mass is 10.2. The van der Waals surface area contributed by atoms with Crippen molar-refractivity contribution in [2.75, 3.05) is 6.54 Å². The number of carbonyl (C=O) groups excluding carboxylic acids is 1.